The van der Waals surface area contributed by atoms with Gasteiger partial charge in [0.1, 0.15) is 11.3 Å². The normalized spacial score (nSPS) is 20.1. The number of aromatic nitrogens is 1. The highest BCUT2D eigenvalue weighted by Gasteiger charge is 2.34. The van der Waals surface area contributed by atoms with Crippen LogP contribution < -0.4 is 10.6 Å². The molecular formula is C32H42N4O2. The fourth-order valence-electron chi connectivity index (χ4n) is 6.02. The predicted molar refractivity (Wildman–Crippen MR) is 155 cm³/mol. The fourth-order valence-corrected chi connectivity index (χ4v) is 6.02. The smallest absolute Gasteiger partial charge is 0.240 e. The Hall–Kier alpha value is -3.09. The lowest BCUT2D eigenvalue weighted by Gasteiger charge is -2.39. The van der Waals surface area contributed by atoms with Gasteiger partial charge in [-0.25, -0.2) is 0 Å². The van der Waals surface area contributed by atoms with Gasteiger partial charge >= 0.3 is 0 Å². The van der Waals surface area contributed by atoms with E-state index in [0.29, 0.717) is 31.6 Å². The van der Waals surface area contributed by atoms with E-state index in [1.165, 1.54) is 19.3 Å². The van der Waals surface area contributed by atoms with Crippen LogP contribution in [-0.2, 0) is 17.8 Å². The minimum absolute atomic E-state index is 0.0265. The number of hydrogen-bond acceptors (Lipinski definition) is 4. The van der Waals surface area contributed by atoms with Crippen molar-refractivity contribution in [3.8, 4) is 0 Å². The maximum Gasteiger partial charge on any atom is 0.240 e. The second-order valence-corrected chi connectivity index (χ2v) is 11.3. The number of fused-ring (bicyclic) bond motifs is 2. The van der Waals surface area contributed by atoms with Crippen molar-refractivity contribution >= 4 is 27.8 Å². The predicted octanol–water partition coefficient (Wildman–Crippen LogP) is 6.16. The van der Waals surface area contributed by atoms with Crippen LogP contribution in [0.1, 0.15) is 64.2 Å². The number of carbonyl (C=O) groups excluding carboxylic acids is 1. The average Bonchev–Trinajstić information content (AvgIpc) is 3.52. The lowest BCUT2D eigenvalue weighted by atomic mass is 9.91. The number of unbranched alkanes of at least 4 members (excludes halogenated alkanes) is 1. The summed E-state index contributed by atoms with van der Waals surface area (Å²) in [5.74, 6) is 0.854. The van der Waals surface area contributed by atoms with Crippen molar-refractivity contribution in [1.82, 2.24) is 20.5 Å². The molecule has 1 fully saturated rings. The fraction of sp³-hybridized carbons (Fsp3) is 0.469. The van der Waals surface area contributed by atoms with Gasteiger partial charge in [-0.15, -0.1) is 0 Å². The Kier molecular flexibility index (Phi) is 8.20. The molecule has 3 atom stereocenters. The molecule has 202 valence electrons. The van der Waals surface area contributed by atoms with Crippen LogP contribution in [0.5, 0.6) is 0 Å². The molecule has 3 heterocycles. The van der Waals surface area contributed by atoms with E-state index in [4.69, 9.17) is 4.42 Å². The number of rotatable bonds is 11. The largest absolute Gasteiger partial charge is 0.460 e. The zero-order chi connectivity index (χ0) is 26.5. The molecule has 0 radical (unpaired) electrons. The number of H-pyrrole nitrogens is 1. The van der Waals surface area contributed by atoms with Gasteiger partial charge < -0.3 is 14.7 Å². The van der Waals surface area contributed by atoms with E-state index in [-0.39, 0.29) is 5.91 Å². The van der Waals surface area contributed by atoms with Crippen LogP contribution in [0.2, 0.25) is 0 Å². The SMILES string of the molecule is CC1CCCC(C)N1CCCCNC(=O)C(C)(Cc1c[nH]c2ccccc12)NCc1cc2ccccc2o1. The number of benzene rings is 2. The van der Waals surface area contributed by atoms with E-state index in [9.17, 15) is 4.79 Å². The molecule has 6 heteroatoms. The van der Waals surface area contributed by atoms with Gasteiger partial charge in [0.15, 0.2) is 0 Å². The molecule has 3 N–H and O–H groups in total. The highest BCUT2D eigenvalue weighted by atomic mass is 16.3. The number of piperidine rings is 1. The first-order chi connectivity index (χ1) is 18.4. The number of furan rings is 1. The summed E-state index contributed by atoms with van der Waals surface area (Å²) < 4.78 is 6.03. The van der Waals surface area contributed by atoms with Gasteiger partial charge in [0, 0.05) is 47.5 Å². The Morgan fingerprint density at radius 2 is 1.84 bits per heavy atom. The van der Waals surface area contributed by atoms with E-state index >= 15 is 0 Å². The maximum atomic E-state index is 13.7. The lowest BCUT2D eigenvalue weighted by Crippen LogP contribution is -2.56. The van der Waals surface area contributed by atoms with Crippen molar-refractivity contribution in [2.75, 3.05) is 13.1 Å². The van der Waals surface area contributed by atoms with Crippen molar-refractivity contribution in [3.63, 3.8) is 0 Å². The van der Waals surface area contributed by atoms with Gasteiger partial charge in [0.25, 0.3) is 0 Å². The van der Waals surface area contributed by atoms with Gasteiger partial charge in [-0.2, -0.15) is 0 Å². The van der Waals surface area contributed by atoms with Crippen LogP contribution in [0, 0.1) is 0 Å². The first kappa shape index (κ1) is 26.5. The zero-order valence-corrected chi connectivity index (χ0v) is 23.1. The molecule has 0 spiro atoms. The third-order valence-electron chi connectivity index (χ3n) is 8.35. The summed E-state index contributed by atoms with van der Waals surface area (Å²) in [6.45, 7) is 8.97. The van der Waals surface area contributed by atoms with Gasteiger partial charge in [-0.1, -0.05) is 42.8 Å². The number of amides is 1. The summed E-state index contributed by atoms with van der Waals surface area (Å²) in [5.41, 5.74) is 2.29. The number of para-hydroxylation sites is 2. The number of carbonyl (C=O) groups is 1. The second-order valence-electron chi connectivity index (χ2n) is 11.3. The van der Waals surface area contributed by atoms with Crippen molar-refractivity contribution in [2.24, 2.45) is 0 Å². The maximum absolute atomic E-state index is 13.7. The molecule has 4 aromatic rings. The Bertz CT molecular complexity index is 1310. The summed E-state index contributed by atoms with van der Waals surface area (Å²) in [4.78, 5) is 19.7. The molecule has 0 saturated carbocycles. The summed E-state index contributed by atoms with van der Waals surface area (Å²) in [6.07, 6.45) is 8.61. The van der Waals surface area contributed by atoms with E-state index in [1.807, 2.05) is 49.5 Å². The zero-order valence-electron chi connectivity index (χ0n) is 23.1. The van der Waals surface area contributed by atoms with E-state index in [1.54, 1.807) is 0 Å². The van der Waals surface area contributed by atoms with E-state index in [0.717, 1.165) is 52.6 Å². The minimum atomic E-state index is -0.792. The molecule has 6 nitrogen and oxygen atoms in total. The number of nitrogens with one attached hydrogen (secondary N) is 3. The third-order valence-corrected chi connectivity index (χ3v) is 8.35. The number of hydrogen-bond donors (Lipinski definition) is 3. The molecule has 0 aliphatic carbocycles. The minimum Gasteiger partial charge on any atom is -0.460 e. The third kappa shape index (κ3) is 5.97. The molecule has 3 unspecified atom stereocenters. The molecule has 0 bridgehead atoms. The molecule has 1 aliphatic rings. The lowest BCUT2D eigenvalue weighted by molar-refractivity contribution is -0.127. The molecule has 2 aromatic carbocycles. The Balaban J connectivity index is 1.23. The van der Waals surface area contributed by atoms with Crippen LogP contribution in [0.25, 0.3) is 21.9 Å². The Labute approximate surface area is 226 Å². The van der Waals surface area contributed by atoms with Crippen LogP contribution in [-0.4, -0.2) is 46.5 Å². The van der Waals surface area contributed by atoms with Crippen LogP contribution in [0.4, 0.5) is 0 Å². The number of nitrogens with zero attached hydrogens (tertiary/aromatic N) is 1. The van der Waals surface area contributed by atoms with Gasteiger partial charge in [-0.3, -0.25) is 15.0 Å². The highest BCUT2D eigenvalue weighted by molar-refractivity contribution is 5.89. The van der Waals surface area contributed by atoms with Crippen LogP contribution in [0.15, 0.2) is 65.2 Å². The molecular weight excluding hydrogens is 472 g/mol. The summed E-state index contributed by atoms with van der Waals surface area (Å²) in [5, 5.41) is 9.03. The van der Waals surface area contributed by atoms with Gasteiger partial charge in [0.2, 0.25) is 5.91 Å². The number of aromatic amines is 1. The molecule has 5 rings (SSSR count). The molecule has 1 amide bonds. The standard InChI is InChI=1S/C32H42N4O2/c1-23-11-10-12-24(2)36(23)18-9-8-17-33-31(37)32(3,20-26-21-34-29-15-6-5-14-28(26)29)35-22-27-19-25-13-4-7-16-30(25)38-27/h4-7,13-16,19,21,23-24,34-35H,8-12,17-18,20,22H2,1-3H3,(H,33,37). The molecule has 38 heavy (non-hydrogen) atoms. The summed E-state index contributed by atoms with van der Waals surface area (Å²) >= 11 is 0. The van der Waals surface area contributed by atoms with E-state index < -0.39 is 5.54 Å². The van der Waals surface area contributed by atoms with Crippen molar-refractivity contribution in [1.29, 1.82) is 0 Å². The molecule has 2 aromatic heterocycles. The topological polar surface area (TPSA) is 73.3 Å². The quantitative estimate of drug-likeness (QED) is 0.210. The van der Waals surface area contributed by atoms with Gasteiger partial charge in [-0.05, 0) is 76.8 Å². The van der Waals surface area contributed by atoms with Crippen molar-refractivity contribution in [2.45, 2.75) is 83.5 Å². The van der Waals surface area contributed by atoms with Crippen LogP contribution >= 0.6 is 0 Å². The van der Waals surface area contributed by atoms with Crippen molar-refractivity contribution < 1.29 is 9.21 Å². The summed E-state index contributed by atoms with van der Waals surface area (Å²) in [6, 6.07) is 19.6. The second kappa shape index (κ2) is 11.7. The summed E-state index contributed by atoms with van der Waals surface area (Å²) in [7, 11) is 0. The monoisotopic (exact) mass is 514 g/mol. The first-order valence-electron chi connectivity index (χ1n) is 14.2. The Morgan fingerprint density at radius 3 is 2.66 bits per heavy atom. The Morgan fingerprint density at radius 1 is 1.08 bits per heavy atom. The molecule has 1 saturated heterocycles. The van der Waals surface area contributed by atoms with Crippen molar-refractivity contribution in [3.05, 3.63) is 72.1 Å². The average molecular weight is 515 g/mol. The van der Waals surface area contributed by atoms with Crippen LogP contribution in [0.3, 0.4) is 0 Å². The van der Waals surface area contributed by atoms with E-state index in [2.05, 4.69) is 52.6 Å². The molecule has 1 aliphatic heterocycles. The number of likely N-dealkylation sites (tertiary alicyclic amines) is 1. The first-order valence-corrected chi connectivity index (χ1v) is 14.2. The highest BCUT2D eigenvalue weighted by Crippen LogP contribution is 2.25. The van der Waals surface area contributed by atoms with Gasteiger partial charge in [0.05, 0.1) is 12.1 Å².